The molecule has 2 aromatic heterocycles. The van der Waals surface area contributed by atoms with Gasteiger partial charge < -0.3 is 14.5 Å². The van der Waals surface area contributed by atoms with Crippen LogP contribution in [0.1, 0.15) is 5.82 Å². The smallest absolute Gasteiger partial charge is 0.293 e. The first-order valence-electron chi connectivity index (χ1n) is 11.3. The number of aromatic nitrogens is 4. The van der Waals surface area contributed by atoms with E-state index in [0.29, 0.717) is 48.9 Å². The Morgan fingerprint density at radius 3 is 2.43 bits per heavy atom. The third kappa shape index (κ3) is 4.34. The van der Waals surface area contributed by atoms with E-state index in [1.165, 1.54) is 15.3 Å². The molecule has 0 atom stereocenters. The Labute approximate surface area is 201 Å². The van der Waals surface area contributed by atoms with Gasteiger partial charge in [-0.1, -0.05) is 12.1 Å². The van der Waals surface area contributed by atoms with E-state index in [2.05, 4.69) is 10.2 Å². The van der Waals surface area contributed by atoms with Crippen molar-refractivity contribution in [2.75, 3.05) is 38.2 Å². The van der Waals surface area contributed by atoms with Crippen molar-refractivity contribution in [2.45, 2.75) is 13.5 Å². The van der Waals surface area contributed by atoms with Gasteiger partial charge in [-0.3, -0.25) is 9.59 Å². The topological polar surface area (TPSA) is 85.0 Å². The van der Waals surface area contributed by atoms with E-state index in [0.717, 1.165) is 11.3 Å². The monoisotopic (exact) mass is 476 g/mol. The Morgan fingerprint density at radius 2 is 1.74 bits per heavy atom. The second kappa shape index (κ2) is 9.21. The molecule has 0 aliphatic carbocycles. The highest BCUT2D eigenvalue weighted by atomic mass is 19.1. The third-order valence-electron chi connectivity index (χ3n) is 6.23. The largest absolute Gasteiger partial charge is 0.497 e. The van der Waals surface area contributed by atoms with Gasteiger partial charge in [-0.25, -0.2) is 13.6 Å². The number of hydrogen-bond donors (Lipinski definition) is 0. The maximum atomic E-state index is 14.1. The minimum absolute atomic E-state index is 0.168. The molecule has 0 radical (unpaired) electrons. The lowest BCUT2D eigenvalue weighted by Crippen LogP contribution is -2.50. The molecular weight excluding hydrogens is 451 g/mol. The number of nitrogens with zero attached hydrogens (tertiary/aromatic N) is 6. The van der Waals surface area contributed by atoms with Crippen molar-refractivity contribution in [3.05, 3.63) is 76.6 Å². The molecule has 180 valence electrons. The van der Waals surface area contributed by atoms with Crippen LogP contribution in [0.3, 0.4) is 0 Å². The molecule has 0 N–H and O–H groups in total. The van der Waals surface area contributed by atoms with Crippen molar-refractivity contribution in [3.63, 3.8) is 0 Å². The fraction of sp³-hybridized carbons (Fsp3) is 0.280. The van der Waals surface area contributed by atoms with Crippen LogP contribution in [0.5, 0.6) is 5.75 Å². The molecule has 1 aliphatic heterocycles. The Bertz CT molecular complexity index is 1440. The number of piperazine rings is 1. The number of halogens is 1. The number of para-hydroxylation sites is 1. The van der Waals surface area contributed by atoms with Crippen molar-refractivity contribution < 1.29 is 13.9 Å². The lowest BCUT2D eigenvalue weighted by atomic mass is 10.1. The maximum Gasteiger partial charge on any atom is 0.293 e. The normalized spacial score (nSPS) is 13.9. The molecule has 0 saturated carbocycles. The zero-order valence-corrected chi connectivity index (χ0v) is 19.5. The van der Waals surface area contributed by atoms with Gasteiger partial charge in [0.2, 0.25) is 5.91 Å². The van der Waals surface area contributed by atoms with Crippen molar-refractivity contribution in [1.82, 2.24) is 24.3 Å². The average molecular weight is 477 g/mol. The Balaban J connectivity index is 1.33. The number of carbonyl (C=O) groups is 1. The highest BCUT2D eigenvalue weighted by molar-refractivity contribution is 5.76. The number of anilines is 1. The summed E-state index contributed by atoms with van der Waals surface area (Å²) in [7, 11) is 1.60. The molecule has 3 heterocycles. The van der Waals surface area contributed by atoms with E-state index in [1.54, 1.807) is 43.2 Å². The maximum absolute atomic E-state index is 14.1. The molecule has 2 aromatic carbocycles. The summed E-state index contributed by atoms with van der Waals surface area (Å²) in [4.78, 5) is 29.7. The molecule has 1 aliphatic rings. The number of aryl methyl sites for hydroxylation is 1. The number of benzene rings is 2. The summed E-state index contributed by atoms with van der Waals surface area (Å²) in [5.41, 5.74) is 1.96. The summed E-state index contributed by atoms with van der Waals surface area (Å²) in [6.07, 6.45) is 0. The van der Waals surface area contributed by atoms with Crippen LogP contribution in [-0.4, -0.2) is 63.5 Å². The number of hydrogen-bond acceptors (Lipinski definition) is 6. The first kappa shape index (κ1) is 22.6. The summed E-state index contributed by atoms with van der Waals surface area (Å²) in [5.74, 6) is 0.746. The third-order valence-corrected chi connectivity index (χ3v) is 6.23. The van der Waals surface area contributed by atoms with Crippen molar-refractivity contribution in [2.24, 2.45) is 0 Å². The molecule has 35 heavy (non-hydrogen) atoms. The van der Waals surface area contributed by atoms with Gasteiger partial charge in [-0.15, -0.1) is 0 Å². The van der Waals surface area contributed by atoms with Crippen LogP contribution < -0.4 is 15.2 Å². The molecule has 0 spiro atoms. The van der Waals surface area contributed by atoms with Crippen LogP contribution in [0, 0.1) is 12.7 Å². The van der Waals surface area contributed by atoms with Crippen LogP contribution >= 0.6 is 0 Å². The number of methoxy groups -OCH3 is 1. The molecule has 1 amide bonds. The van der Waals surface area contributed by atoms with Gasteiger partial charge in [0.1, 0.15) is 29.5 Å². The standard InChI is InChI=1S/C25H25FN6O3/c1-17-27-31(16-24(33)30-13-11-29(12-14-30)22-6-4-3-5-20(22)26)25(34)23-15-21(28-32(17)23)18-7-9-19(35-2)10-8-18/h3-10,15H,11-14,16H2,1-2H3. The minimum Gasteiger partial charge on any atom is -0.497 e. The predicted octanol–water partition coefficient (Wildman–Crippen LogP) is 2.36. The van der Waals surface area contributed by atoms with Crippen LogP contribution in [-0.2, 0) is 11.3 Å². The van der Waals surface area contributed by atoms with E-state index >= 15 is 0 Å². The lowest BCUT2D eigenvalue weighted by molar-refractivity contribution is -0.132. The second-order valence-electron chi connectivity index (χ2n) is 8.38. The van der Waals surface area contributed by atoms with Gasteiger partial charge in [-0.2, -0.15) is 10.2 Å². The fourth-order valence-electron chi connectivity index (χ4n) is 4.32. The molecule has 10 heteroatoms. The molecule has 9 nitrogen and oxygen atoms in total. The summed E-state index contributed by atoms with van der Waals surface area (Å²) in [6.45, 7) is 3.49. The highest BCUT2D eigenvalue weighted by Crippen LogP contribution is 2.22. The zero-order chi connectivity index (χ0) is 24.5. The summed E-state index contributed by atoms with van der Waals surface area (Å²) >= 11 is 0. The minimum atomic E-state index is -0.388. The quantitative estimate of drug-likeness (QED) is 0.440. The van der Waals surface area contributed by atoms with Crippen molar-refractivity contribution in [3.8, 4) is 17.0 Å². The molecule has 1 saturated heterocycles. The molecule has 5 rings (SSSR count). The van der Waals surface area contributed by atoms with E-state index in [4.69, 9.17) is 4.74 Å². The summed E-state index contributed by atoms with van der Waals surface area (Å²) in [6, 6.07) is 15.7. The molecule has 1 fully saturated rings. The van der Waals surface area contributed by atoms with Crippen molar-refractivity contribution >= 4 is 17.1 Å². The summed E-state index contributed by atoms with van der Waals surface area (Å²) in [5, 5.41) is 8.84. The van der Waals surface area contributed by atoms with E-state index in [9.17, 15) is 14.0 Å². The van der Waals surface area contributed by atoms with Crippen LogP contribution in [0.4, 0.5) is 10.1 Å². The van der Waals surface area contributed by atoms with Gasteiger partial charge in [-0.05, 0) is 49.4 Å². The molecule has 0 unspecified atom stereocenters. The first-order valence-corrected chi connectivity index (χ1v) is 11.3. The van der Waals surface area contributed by atoms with E-state index in [-0.39, 0.29) is 23.8 Å². The Kier molecular flexibility index (Phi) is 5.94. The Hall–Kier alpha value is -4.21. The molecule has 0 bridgehead atoms. The predicted molar refractivity (Wildman–Crippen MR) is 129 cm³/mol. The van der Waals surface area contributed by atoms with Gasteiger partial charge in [0.15, 0.2) is 0 Å². The number of rotatable bonds is 5. The number of carbonyl (C=O) groups excluding carboxylic acids is 1. The highest BCUT2D eigenvalue weighted by Gasteiger charge is 2.24. The van der Waals surface area contributed by atoms with Crippen LogP contribution in [0.15, 0.2) is 59.4 Å². The van der Waals surface area contributed by atoms with Gasteiger partial charge >= 0.3 is 0 Å². The van der Waals surface area contributed by atoms with Gasteiger partial charge in [0.25, 0.3) is 5.56 Å². The second-order valence-corrected chi connectivity index (χ2v) is 8.38. The van der Waals surface area contributed by atoms with Gasteiger partial charge in [0.05, 0.1) is 18.5 Å². The summed E-state index contributed by atoms with van der Waals surface area (Å²) < 4.78 is 22.0. The number of amides is 1. The zero-order valence-electron chi connectivity index (χ0n) is 19.5. The molecule has 4 aromatic rings. The SMILES string of the molecule is COc1ccc(-c2cc3c(=O)n(CC(=O)N4CCN(c5ccccc5F)CC4)nc(C)n3n2)cc1. The average Bonchev–Trinajstić information content (AvgIpc) is 3.34. The van der Waals surface area contributed by atoms with Crippen molar-refractivity contribution in [1.29, 1.82) is 0 Å². The fourth-order valence-corrected chi connectivity index (χ4v) is 4.32. The molecular formula is C25H25FN6O3. The lowest BCUT2D eigenvalue weighted by Gasteiger charge is -2.36. The first-order chi connectivity index (χ1) is 16.9. The van der Waals surface area contributed by atoms with Crippen LogP contribution in [0.25, 0.3) is 16.8 Å². The van der Waals surface area contributed by atoms with Gasteiger partial charge in [0, 0.05) is 31.7 Å². The number of ether oxygens (including phenoxy) is 1. The Morgan fingerprint density at radius 1 is 1.03 bits per heavy atom. The van der Waals surface area contributed by atoms with Crippen LogP contribution in [0.2, 0.25) is 0 Å². The van der Waals surface area contributed by atoms with E-state index < -0.39 is 0 Å². The van der Waals surface area contributed by atoms with E-state index in [1.807, 2.05) is 29.2 Å². The number of fused-ring (bicyclic) bond motifs is 1.